The zero-order valence-corrected chi connectivity index (χ0v) is 10.8. The maximum atomic E-state index is 5.95. The van der Waals surface area contributed by atoms with Gasteiger partial charge in [0, 0.05) is 13.2 Å². The molecule has 0 saturated heterocycles. The second kappa shape index (κ2) is 5.79. The number of halogens is 1. The smallest absolute Gasteiger partial charge is 0.257 e. The molecular weight excluding hydrogens is 258 g/mol. The van der Waals surface area contributed by atoms with E-state index in [0.717, 1.165) is 0 Å². The first kappa shape index (κ1) is 12.8. The van der Waals surface area contributed by atoms with Crippen LogP contribution in [0.5, 0.6) is 11.6 Å². The van der Waals surface area contributed by atoms with E-state index in [-0.39, 0.29) is 5.15 Å². The van der Waals surface area contributed by atoms with E-state index >= 15 is 0 Å². The van der Waals surface area contributed by atoms with E-state index in [4.69, 9.17) is 25.8 Å². The molecule has 6 nitrogen and oxygen atoms in total. The number of aromatic nitrogens is 3. The maximum absolute atomic E-state index is 5.95. The Balaban J connectivity index is 2.40. The van der Waals surface area contributed by atoms with Crippen LogP contribution in [0.1, 0.15) is 0 Å². The van der Waals surface area contributed by atoms with Crippen molar-refractivity contribution in [3.8, 4) is 11.6 Å². The third-order valence-electron chi connectivity index (χ3n) is 2.24. The zero-order valence-electron chi connectivity index (χ0n) is 10.0. The molecule has 0 N–H and O–H groups in total. The fourth-order valence-electron chi connectivity index (χ4n) is 1.39. The second-order valence-electron chi connectivity index (χ2n) is 3.37. The molecule has 7 heteroatoms. The van der Waals surface area contributed by atoms with Crippen LogP contribution in [0.4, 0.5) is 0 Å². The lowest BCUT2D eigenvalue weighted by Gasteiger charge is -2.10. The van der Waals surface area contributed by atoms with Gasteiger partial charge in [-0.2, -0.15) is 0 Å². The highest BCUT2D eigenvalue weighted by atomic mass is 35.5. The molecule has 0 spiro atoms. The molecule has 0 aliphatic carbocycles. The van der Waals surface area contributed by atoms with Crippen molar-refractivity contribution >= 4 is 22.6 Å². The lowest BCUT2D eigenvalue weighted by Crippen LogP contribution is -2.07. The summed E-state index contributed by atoms with van der Waals surface area (Å²) in [6, 6.07) is 1.71. The average Bonchev–Trinajstić information content (AvgIpc) is 2.39. The van der Waals surface area contributed by atoms with Crippen LogP contribution in [0.25, 0.3) is 11.0 Å². The molecule has 0 fully saturated rings. The third kappa shape index (κ3) is 2.60. The summed E-state index contributed by atoms with van der Waals surface area (Å²) >= 11 is 5.95. The molecule has 2 aromatic heterocycles. The second-order valence-corrected chi connectivity index (χ2v) is 3.73. The molecule has 2 rings (SSSR count). The summed E-state index contributed by atoms with van der Waals surface area (Å²) in [6.07, 6.45) is 1.37. The Labute approximate surface area is 109 Å². The van der Waals surface area contributed by atoms with E-state index in [9.17, 15) is 0 Å². The third-order valence-corrected chi connectivity index (χ3v) is 2.52. The maximum Gasteiger partial charge on any atom is 0.257 e. The van der Waals surface area contributed by atoms with Crippen molar-refractivity contribution in [1.82, 2.24) is 15.0 Å². The molecule has 0 aromatic carbocycles. The Kier molecular flexibility index (Phi) is 4.11. The predicted octanol–water partition coefficient (Wildman–Crippen LogP) is 1.71. The molecule has 0 unspecified atom stereocenters. The molecule has 0 amide bonds. The summed E-state index contributed by atoms with van der Waals surface area (Å²) < 4.78 is 15.6. The van der Waals surface area contributed by atoms with Crippen molar-refractivity contribution in [2.24, 2.45) is 0 Å². The Hall–Kier alpha value is -1.66. The molecule has 0 saturated carbocycles. The minimum absolute atomic E-state index is 0.277. The summed E-state index contributed by atoms with van der Waals surface area (Å²) in [7, 11) is 3.13. The predicted molar refractivity (Wildman–Crippen MR) is 66.3 cm³/mol. The Morgan fingerprint density at radius 1 is 1.22 bits per heavy atom. The molecule has 96 valence electrons. The van der Waals surface area contributed by atoms with Crippen LogP contribution >= 0.6 is 11.6 Å². The summed E-state index contributed by atoms with van der Waals surface area (Å²) in [4.78, 5) is 12.2. The number of pyridine rings is 1. The first-order valence-corrected chi connectivity index (χ1v) is 5.61. The summed E-state index contributed by atoms with van der Waals surface area (Å²) in [6.45, 7) is 0.832. The van der Waals surface area contributed by atoms with Crippen LogP contribution in [0.3, 0.4) is 0 Å². The number of rotatable bonds is 5. The van der Waals surface area contributed by atoms with Crippen LogP contribution in [0.15, 0.2) is 12.4 Å². The Bertz CT molecular complexity index is 550. The van der Waals surface area contributed by atoms with Gasteiger partial charge in [0.05, 0.1) is 19.2 Å². The van der Waals surface area contributed by atoms with Gasteiger partial charge in [-0.15, -0.1) is 0 Å². The standard InChI is InChI=1S/C11H12ClN3O3/c1-16-3-4-18-11-8(17-2)5-7-9(15-11)10(12)14-6-13-7/h5-6H,3-4H2,1-2H3. The molecule has 2 heterocycles. The zero-order chi connectivity index (χ0) is 13.0. The molecule has 0 radical (unpaired) electrons. The van der Waals surface area contributed by atoms with Crippen LogP contribution in [0.2, 0.25) is 5.15 Å². The first-order valence-electron chi connectivity index (χ1n) is 5.23. The highest BCUT2D eigenvalue weighted by Gasteiger charge is 2.12. The van der Waals surface area contributed by atoms with Gasteiger partial charge in [0.15, 0.2) is 10.9 Å². The number of ether oxygens (including phenoxy) is 3. The monoisotopic (exact) mass is 269 g/mol. The van der Waals surface area contributed by atoms with Crippen molar-refractivity contribution in [1.29, 1.82) is 0 Å². The van der Waals surface area contributed by atoms with Gasteiger partial charge < -0.3 is 14.2 Å². The van der Waals surface area contributed by atoms with Crippen molar-refractivity contribution in [2.75, 3.05) is 27.4 Å². The lowest BCUT2D eigenvalue weighted by atomic mass is 10.3. The minimum atomic E-state index is 0.277. The van der Waals surface area contributed by atoms with E-state index in [2.05, 4.69) is 15.0 Å². The number of hydrogen-bond acceptors (Lipinski definition) is 6. The van der Waals surface area contributed by atoms with E-state index in [1.807, 2.05) is 0 Å². The topological polar surface area (TPSA) is 66.4 Å². The first-order chi connectivity index (χ1) is 8.76. The van der Waals surface area contributed by atoms with Crippen LogP contribution in [0, 0.1) is 0 Å². The van der Waals surface area contributed by atoms with E-state index in [1.165, 1.54) is 13.4 Å². The summed E-state index contributed by atoms with van der Waals surface area (Å²) in [5.41, 5.74) is 1.08. The van der Waals surface area contributed by atoms with Crippen molar-refractivity contribution in [3.63, 3.8) is 0 Å². The molecule has 0 aliphatic rings. The lowest BCUT2D eigenvalue weighted by molar-refractivity contribution is 0.141. The molecule has 0 bridgehead atoms. The van der Waals surface area contributed by atoms with E-state index in [1.54, 1.807) is 13.2 Å². The molecule has 18 heavy (non-hydrogen) atoms. The highest BCUT2D eigenvalue weighted by molar-refractivity contribution is 6.33. The highest BCUT2D eigenvalue weighted by Crippen LogP contribution is 2.30. The number of hydrogen-bond donors (Lipinski definition) is 0. The number of nitrogens with zero attached hydrogens (tertiary/aromatic N) is 3. The SMILES string of the molecule is COCCOc1nc2c(Cl)ncnc2cc1OC. The summed E-state index contributed by atoms with van der Waals surface area (Å²) in [5.74, 6) is 0.840. The van der Waals surface area contributed by atoms with Crippen LogP contribution in [-0.4, -0.2) is 42.4 Å². The molecule has 2 aromatic rings. The van der Waals surface area contributed by atoms with Crippen molar-refractivity contribution in [3.05, 3.63) is 17.5 Å². The van der Waals surface area contributed by atoms with Crippen LogP contribution in [-0.2, 0) is 4.74 Å². The Morgan fingerprint density at radius 3 is 2.78 bits per heavy atom. The molecular formula is C11H12ClN3O3. The quantitative estimate of drug-likeness (QED) is 0.608. The Morgan fingerprint density at radius 2 is 2.06 bits per heavy atom. The van der Waals surface area contributed by atoms with Crippen molar-refractivity contribution in [2.45, 2.75) is 0 Å². The van der Waals surface area contributed by atoms with Gasteiger partial charge >= 0.3 is 0 Å². The van der Waals surface area contributed by atoms with Crippen molar-refractivity contribution < 1.29 is 14.2 Å². The number of fused-ring (bicyclic) bond motifs is 1. The van der Waals surface area contributed by atoms with Gasteiger partial charge in [0.2, 0.25) is 0 Å². The number of methoxy groups -OCH3 is 2. The van der Waals surface area contributed by atoms with Gasteiger partial charge in [-0.3, -0.25) is 0 Å². The van der Waals surface area contributed by atoms with Gasteiger partial charge in [-0.1, -0.05) is 11.6 Å². The largest absolute Gasteiger partial charge is 0.491 e. The fourth-order valence-corrected chi connectivity index (χ4v) is 1.58. The molecule has 0 aliphatic heterocycles. The fraction of sp³-hybridized carbons (Fsp3) is 0.364. The van der Waals surface area contributed by atoms with Crippen LogP contribution < -0.4 is 9.47 Å². The average molecular weight is 270 g/mol. The van der Waals surface area contributed by atoms with Gasteiger partial charge in [-0.05, 0) is 0 Å². The summed E-state index contributed by atoms with van der Waals surface area (Å²) in [5, 5.41) is 0.277. The van der Waals surface area contributed by atoms with Gasteiger partial charge in [0.1, 0.15) is 18.5 Å². The van der Waals surface area contributed by atoms with E-state index < -0.39 is 0 Å². The van der Waals surface area contributed by atoms with Gasteiger partial charge in [-0.25, -0.2) is 15.0 Å². The van der Waals surface area contributed by atoms with Gasteiger partial charge in [0.25, 0.3) is 5.88 Å². The minimum Gasteiger partial charge on any atom is -0.491 e. The van der Waals surface area contributed by atoms with E-state index in [0.29, 0.717) is 35.9 Å². The normalized spacial score (nSPS) is 10.6. The molecule has 0 atom stereocenters.